The van der Waals surface area contributed by atoms with E-state index in [0.717, 1.165) is 11.1 Å². The second kappa shape index (κ2) is 4.45. The monoisotopic (exact) mass is 236 g/mol. The van der Waals surface area contributed by atoms with Gasteiger partial charge in [-0.3, -0.25) is 4.79 Å². The number of carbonyl (C=O) groups excluding carboxylic acids is 1. The van der Waals surface area contributed by atoms with Gasteiger partial charge in [0.05, 0.1) is 5.88 Å². The van der Waals surface area contributed by atoms with Crippen LogP contribution in [0.3, 0.4) is 0 Å². The van der Waals surface area contributed by atoms with Gasteiger partial charge in [0, 0.05) is 5.56 Å². The Morgan fingerprint density at radius 3 is 2.62 bits per heavy atom. The minimum Gasteiger partial charge on any atom is -0.414 e. The van der Waals surface area contributed by atoms with Crippen molar-refractivity contribution >= 4 is 17.4 Å². The zero-order valence-electron chi connectivity index (χ0n) is 8.61. The number of Topliss-reactive ketones (excluding diaryl/α,β-unsaturated/α-hetero) is 1. The highest BCUT2D eigenvalue weighted by molar-refractivity contribution is 6.29. The van der Waals surface area contributed by atoms with Gasteiger partial charge in [0.1, 0.15) is 0 Å². The first-order valence-electron chi connectivity index (χ1n) is 4.70. The van der Waals surface area contributed by atoms with Crippen molar-refractivity contribution in [2.45, 2.75) is 6.92 Å². The van der Waals surface area contributed by atoms with Gasteiger partial charge in [0.15, 0.2) is 0 Å². The Balaban J connectivity index is 2.31. The van der Waals surface area contributed by atoms with Crippen molar-refractivity contribution < 1.29 is 9.21 Å². The fourth-order valence-corrected chi connectivity index (χ4v) is 1.32. The van der Waals surface area contributed by atoms with E-state index in [4.69, 9.17) is 16.0 Å². The standard InChI is InChI=1S/C11H9ClN2O2/c1-7-2-4-8(5-3-7)10-13-14-11(16-10)9(15)6-12/h2-5H,6H2,1H3. The number of aryl methyl sites for hydroxylation is 1. The Morgan fingerprint density at radius 1 is 1.31 bits per heavy atom. The first-order valence-corrected chi connectivity index (χ1v) is 5.24. The SMILES string of the molecule is Cc1ccc(-c2nnc(C(=O)CCl)o2)cc1. The predicted octanol–water partition coefficient (Wildman–Crippen LogP) is 2.47. The van der Waals surface area contributed by atoms with Crippen LogP contribution >= 0.6 is 11.6 Å². The Morgan fingerprint density at radius 2 is 2.00 bits per heavy atom. The Labute approximate surface area is 97.3 Å². The number of alkyl halides is 1. The average molecular weight is 237 g/mol. The highest BCUT2D eigenvalue weighted by atomic mass is 35.5. The molecule has 2 aromatic rings. The molecule has 1 aromatic carbocycles. The molecule has 0 spiro atoms. The molecule has 0 amide bonds. The van der Waals surface area contributed by atoms with Crippen molar-refractivity contribution in [2.24, 2.45) is 0 Å². The molecule has 0 aliphatic heterocycles. The molecule has 0 N–H and O–H groups in total. The fourth-order valence-electron chi connectivity index (χ4n) is 1.21. The summed E-state index contributed by atoms with van der Waals surface area (Å²) < 4.78 is 5.21. The van der Waals surface area contributed by atoms with E-state index < -0.39 is 0 Å². The molecule has 4 nitrogen and oxygen atoms in total. The van der Waals surface area contributed by atoms with Gasteiger partial charge in [-0.2, -0.15) is 0 Å². The molecule has 2 rings (SSSR count). The minimum atomic E-state index is -0.368. The number of aromatic nitrogens is 2. The maximum Gasteiger partial charge on any atom is 0.285 e. The molecule has 0 saturated carbocycles. The van der Waals surface area contributed by atoms with E-state index in [1.807, 2.05) is 31.2 Å². The van der Waals surface area contributed by atoms with Crippen LogP contribution in [0.1, 0.15) is 16.2 Å². The van der Waals surface area contributed by atoms with Crippen molar-refractivity contribution in [1.82, 2.24) is 10.2 Å². The molecule has 0 atom stereocenters. The second-order valence-electron chi connectivity index (χ2n) is 3.34. The number of carbonyl (C=O) groups is 1. The lowest BCUT2D eigenvalue weighted by Gasteiger charge is -1.94. The lowest BCUT2D eigenvalue weighted by atomic mass is 10.1. The normalized spacial score (nSPS) is 10.4. The first kappa shape index (κ1) is 10.8. The van der Waals surface area contributed by atoms with Crippen LogP contribution < -0.4 is 0 Å². The summed E-state index contributed by atoms with van der Waals surface area (Å²) in [5.41, 5.74) is 1.92. The molecule has 5 heteroatoms. The van der Waals surface area contributed by atoms with Crippen molar-refractivity contribution in [2.75, 3.05) is 5.88 Å². The van der Waals surface area contributed by atoms with Gasteiger partial charge in [-0.1, -0.05) is 17.7 Å². The van der Waals surface area contributed by atoms with Crippen molar-refractivity contribution in [3.8, 4) is 11.5 Å². The van der Waals surface area contributed by atoms with Crippen LogP contribution in [0, 0.1) is 6.92 Å². The minimum absolute atomic E-state index is 0.0504. The average Bonchev–Trinajstić information content (AvgIpc) is 2.78. The number of hydrogen-bond donors (Lipinski definition) is 0. The molecule has 0 unspecified atom stereocenters. The number of hydrogen-bond acceptors (Lipinski definition) is 4. The number of halogens is 1. The fraction of sp³-hybridized carbons (Fsp3) is 0.182. The van der Waals surface area contributed by atoms with Crippen LogP contribution in [0.2, 0.25) is 0 Å². The molecule has 0 fully saturated rings. The van der Waals surface area contributed by atoms with E-state index in [-0.39, 0.29) is 17.6 Å². The number of benzene rings is 1. The number of rotatable bonds is 3. The zero-order chi connectivity index (χ0) is 11.5. The number of ketones is 1. The summed E-state index contributed by atoms with van der Waals surface area (Å²) in [5, 5.41) is 7.42. The van der Waals surface area contributed by atoms with Crippen molar-refractivity contribution in [1.29, 1.82) is 0 Å². The van der Waals surface area contributed by atoms with Gasteiger partial charge in [-0.15, -0.1) is 21.8 Å². The largest absolute Gasteiger partial charge is 0.414 e. The van der Waals surface area contributed by atoms with Crippen molar-refractivity contribution in [3.05, 3.63) is 35.7 Å². The highest BCUT2D eigenvalue weighted by Gasteiger charge is 2.14. The zero-order valence-corrected chi connectivity index (χ0v) is 9.36. The summed E-state index contributed by atoms with van der Waals surface area (Å²) in [7, 11) is 0. The summed E-state index contributed by atoms with van der Waals surface area (Å²) in [6, 6.07) is 7.58. The van der Waals surface area contributed by atoms with Crippen LogP contribution in [0.5, 0.6) is 0 Å². The molecule has 82 valence electrons. The van der Waals surface area contributed by atoms with E-state index >= 15 is 0 Å². The molecular formula is C11H9ClN2O2. The van der Waals surface area contributed by atoms with Crippen molar-refractivity contribution in [3.63, 3.8) is 0 Å². The lowest BCUT2D eigenvalue weighted by Crippen LogP contribution is -1.99. The summed E-state index contributed by atoms with van der Waals surface area (Å²) in [6.07, 6.45) is 0. The van der Waals surface area contributed by atoms with Gasteiger partial charge in [0.25, 0.3) is 5.89 Å². The predicted molar refractivity (Wildman–Crippen MR) is 59.5 cm³/mol. The van der Waals surface area contributed by atoms with Gasteiger partial charge < -0.3 is 4.42 Å². The molecule has 0 radical (unpaired) electrons. The second-order valence-corrected chi connectivity index (χ2v) is 3.60. The molecule has 1 heterocycles. The third kappa shape index (κ3) is 2.12. The van der Waals surface area contributed by atoms with E-state index in [1.54, 1.807) is 0 Å². The molecule has 0 saturated heterocycles. The molecular weight excluding hydrogens is 228 g/mol. The van der Waals surface area contributed by atoms with Gasteiger partial charge in [-0.25, -0.2) is 0 Å². The third-order valence-corrected chi connectivity index (χ3v) is 2.33. The summed E-state index contributed by atoms with van der Waals surface area (Å²) in [6.45, 7) is 1.99. The molecule has 16 heavy (non-hydrogen) atoms. The van der Waals surface area contributed by atoms with E-state index in [0.29, 0.717) is 5.89 Å². The smallest absolute Gasteiger partial charge is 0.285 e. The summed E-state index contributed by atoms with van der Waals surface area (Å²) >= 11 is 5.39. The molecule has 0 bridgehead atoms. The first-order chi connectivity index (χ1) is 7.70. The third-order valence-electron chi connectivity index (χ3n) is 2.08. The van der Waals surface area contributed by atoms with Crippen LogP contribution in [0.15, 0.2) is 28.7 Å². The summed E-state index contributed by atoms with van der Waals surface area (Å²) in [5.74, 6) is -0.248. The Hall–Kier alpha value is -1.68. The van der Waals surface area contributed by atoms with E-state index in [1.165, 1.54) is 0 Å². The van der Waals surface area contributed by atoms with Gasteiger partial charge in [-0.05, 0) is 19.1 Å². The number of nitrogens with zero attached hydrogens (tertiary/aromatic N) is 2. The molecule has 0 aliphatic rings. The summed E-state index contributed by atoms with van der Waals surface area (Å²) in [4.78, 5) is 11.2. The van der Waals surface area contributed by atoms with Crippen LogP contribution in [-0.2, 0) is 0 Å². The van der Waals surface area contributed by atoms with Gasteiger partial charge >= 0.3 is 0 Å². The van der Waals surface area contributed by atoms with Crippen LogP contribution in [0.25, 0.3) is 11.5 Å². The maximum atomic E-state index is 11.2. The van der Waals surface area contributed by atoms with Gasteiger partial charge in [0.2, 0.25) is 11.7 Å². The molecule has 1 aromatic heterocycles. The van der Waals surface area contributed by atoms with Crippen LogP contribution in [-0.4, -0.2) is 21.9 Å². The maximum absolute atomic E-state index is 11.2. The lowest BCUT2D eigenvalue weighted by molar-refractivity contribution is 0.0985. The highest BCUT2D eigenvalue weighted by Crippen LogP contribution is 2.18. The van der Waals surface area contributed by atoms with E-state index in [2.05, 4.69) is 10.2 Å². The quantitative estimate of drug-likeness (QED) is 0.607. The topological polar surface area (TPSA) is 56.0 Å². The Kier molecular flexibility index (Phi) is 3.01. The molecule has 0 aliphatic carbocycles. The van der Waals surface area contributed by atoms with Crippen LogP contribution in [0.4, 0.5) is 0 Å². The Bertz CT molecular complexity index is 505. The van der Waals surface area contributed by atoms with E-state index in [9.17, 15) is 4.79 Å².